The number of rotatable bonds is 4. The maximum absolute atomic E-state index is 9.41. The number of nitriles is 1. The summed E-state index contributed by atoms with van der Waals surface area (Å²) >= 11 is 1.65. The van der Waals surface area contributed by atoms with E-state index in [1.807, 2.05) is 35.7 Å². The molecule has 0 unspecified atom stereocenters. The van der Waals surface area contributed by atoms with Gasteiger partial charge in [-0.05, 0) is 29.7 Å². The lowest BCUT2D eigenvalue weighted by Crippen LogP contribution is -2.46. The van der Waals surface area contributed by atoms with Crippen LogP contribution in [0.5, 0.6) is 0 Å². The Morgan fingerprint density at radius 1 is 1.00 bits per heavy atom. The molecule has 3 heterocycles. The van der Waals surface area contributed by atoms with E-state index in [0.29, 0.717) is 17.5 Å². The molecule has 0 saturated carbocycles. The third kappa shape index (κ3) is 3.48. The molecule has 0 N–H and O–H groups in total. The normalized spacial score (nSPS) is 14.7. The summed E-state index contributed by atoms with van der Waals surface area (Å²) in [4.78, 5) is 9.89. The van der Waals surface area contributed by atoms with Crippen LogP contribution in [-0.2, 0) is 0 Å². The van der Waals surface area contributed by atoms with Gasteiger partial charge in [-0.3, -0.25) is 0 Å². The van der Waals surface area contributed by atoms with E-state index < -0.39 is 0 Å². The molecule has 4 rings (SSSR count). The van der Waals surface area contributed by atoms with Crippen LogP contribution in [0.15, 0.2) is 52.3 Å². The Balaban J connectivity index is 1.47. The van der Waals surface area contributed by atoms with Gasteiger partial charge in [-0.1, -0.05) is 24.3 Å². The van der Waals surface area contributed by atoms with Gasteiger partial charge in [0.25, 0.3) is 0 Å². The highest BCUT2D eigenvalue weighted by atomic mass is 32.1. The molecule has 2 aromatic heterocycles. The fourth-order valence-electron chi connectivity index (χ4n) is 3.03. The second kappa shape index (κ2) is 7.46. The molecule has 1 fully saturated rings. The molecular weight excluding hydrogens is 344 g/mol. The number of nitrogens with zero attached hydrogens (tertiary/aromatic N) is 4. The van der Waals surface area contributed by atoms with Crippen LogP contribution in [0.25, 0.3) is 12.2 Å². The number of oxazole rings is 1. The molecule has 0 spiro atoms. The van der Waals surface area contributed by atoms with Crippen molar-refractivity contribution in [3.8, 4) is 6.07 Å². The topological polar surface area (TPSA) is 56.3 Å². The summed E-state index contributed by atoms with van der Waals surface area (Å²) in [5, 5.41) is 11.4. The molecule has 0 aliphatic carbocycles. The van der Waals surface area contributed by atoms with Crippen LogP contribution < -0.4 is 9.80 Å². The van der Waals surface area contributed by atoms with Crippen LogP contribution in [-0.4, -0.2) is 31.2 Å². The Morgan fingerprint density at radius 3 is 2.46 bits per heavy atom. The Bertz CT molecular complexity index is 917. The first-order valence-electron chi connectivity index (χ1n) is 8.51. The molecular formula is C20H18N4OS. The second-order valence-electron chi connectivity index (χ2n) is 5.98. The van der Waals surface area contributed by atoms with Gasteiger partial charge in [-0.25, -0.2) is 0 Å². The van der Waals surface area contributed by atoms with Crippen molar-refractivity contribution < 1.29 is 4.42 Å². The zero-order valence-corrected chi connectivity index (χ0v) is 15.0. The Morgan fingerprint density at radius 2 is 1.77 bits per heavy atom. The Hall–Kier alpha value is -3.04. The fraction of sp³-hybridized carbons (Fsp3) is 0.200. The molecule has 6 heteroatoms. The number of anilines is 2. The average molecular weight is 362 g/mol. The Kier molecular flexibility index (Phi) is 4.71. The molecule has 1 aromatic carbocycles. The lowest BCUT2D eigenvalue weighted by atomic mass is 10.2. The third-order valence-electron chi connectivity index (χ3n) is 4.35. The fourth-order valence-corrected chi connectivity index (χ4v) is 3.65. The van der Waals surface area contributed by atoms with E-state index in [1.54, 1.807) is 11.3 Å². The van der Waals surface area contributed by atoms with Gasteiger partial charge in [0, 0.05) is 42.8 Å². The summed E-state index contributed by atoms with van der Waals surface area (Å²) in [5.41, 5.74) is 1.58. The predicted molar refractivity (Wildman–Crippen MR) is 105 cm³/mol. The summed E-state index contributed by atoms with van der Waals surface area (Å²) < 4.78 is 5.88. The standard InChI is InChI=1S/C20H18N4OS/c21-15-18-20(25-19(22-18)9-8-17-7-4-14-26-17)24-12-10-23(11-13-24)16-5-2-1-3-6-16/h1-9,14H,10-13H2/b9-8+. The molecule has 3 aromatic rings. The van der Waals surface area contributed by atoms with Crippen LogP contribution in [0.4, 0.5) is 11.6 Å². The van der Waals surface area contributed by atoms with Crippen LogP contribution >= 0.6 is 11.3 Å². The summed E-state index contributed by atoms with van der Waals surface area (Å²) in [6.07, 6.45) is 3.77. The molecule has 0 radical (unpaired) electrons. The number of benzene rings is 1. The zero-order valence-electron chi connectivity index (χ0n) is 14.2. The smallest absolute Gasteiger partial charge is 0.235 e. The zero-order chi connectivity index (χ0) is 17.8. The van der Waals surface area contributed by atoms with E-state index in [0.717, 1.165) is 31.1 Å². The summed E-state index contributed by atoms with van der Waals surface area (Å²) in [6, 6.07) is 16.6. The van der Waals surface area contributed by atoms with Gasteiger partial charge in [0.2, 0.25) is 17.5 Å². The lowest BCUT2D eigenvalue weighted by Gasteiger charge is -2.35. The third-order valence-corrected chi connectivity index (χ3v) is 5.19. The van der Waals surface area contributed by atoms with Gasteiger partial charge in [-0.2, -0.15) is 10.2 Å². The van der Waals surface area contributed by atoms with Gasteiger partial charge >= 0.3 is 0 Å². The minimum atomic E-state index is 0.351. The molecule has 1 aliphatic heterocycles. The monoisotopic (exact) mass is 362 g/mol. The Labute approximate surface area is 156 Å². The van der Waals surface area contributed by atoms with Gasteiger partial charge in [-0.15, -0.1) is 11.3 Å². The highest BCUT2D eigenvalue weighted by molar-refractivity contribution is 7.10. The van der Waals surface area contributed by atoms with Crippen LogP contribution in [0.1, 0.15) is 16.5 Å². The van der Waals surface area contributed by atoms with Crippen molar-refractivity contribution >= 4 is 35.1 Å². The van der Waals surface area contributed by atoms with E-state index in [2.05, 4.69) is 45.1 Å². The molecule has 26 heavy (non-hydrogen) atoms. The predicted octanol–water partition coefficient (Wildman–Crippen LogP) is 4.10. The average Bonchev–Trinajstić information content (AvgIpc) is 3.37. The SMILES string of the molecule is N#Cc1nc(/C=C/c2cccs2)oc1N1CCN(c2ccccc2)CC1. The van der Waals surface area contributed by atoms with E-state index in [-0.39, 0.29) is 0 Å². The first-order valence-corrected chi connectivity index (χ1v) is 9.39. The largest absolute Gasteiger partial charge is 0.420 e. The van der Waals surface area contributed by atoms with E-state index in [4.69, 9.17) is 4.42 Å². The lowest BCUT2D eigenvalue weighted by molar-refractivity contribution is 0.513. The molecule has 1 saturated heterocycles. The minimum Gasteiger partial charge on any atom is -0.420 e. The first kappa shape index (κ1) is 16.4. The molecule has 0 amide bonds. The van der Waals surface area contributed by atoms with Crippen molar-refractivity contribution in [3.05, 3.63) is 64.3 Å². The van der Waals surface area contributed by atoms with E-state index >= 15 is 0 Å². The van der Waals surface area contributed by atoms with Gasteiger partial charge < -0.3 is 14.2 Å². The van der Waals surface area contributed by atoms with Crippen molar-refractivity contribution in [1.82, 2.24) is 4.98 Å². The maximum Gasteiger partial charge on any atom is 0.235 e. The highest BCUT2D eigenvalue weighted by Gasteiger charge is 2.23. The van der Waals surface area contributed by atoms with Crippen LogP contribution in [0.2, 0.25) is 0 Å². The molecule has 1 aliphatic rings. The van der Waals surface area contributed by atoms with Gasteiger partial charge in [0.15, 0.2) is 0 Å². The number of aromatic nitrogens is 1. The van der Waals surface area contributed by atoms with E-state index in [9.17, 15) is 5.26 Å². The summed E-state index contributed by atoms with van der Waals surface area (Å²) in [5.74, 6) is 1.04. The van der Waals surface area contributed by atoms with Gasteiger partial charge in [0.1, 0.15) is 6.07 Å². The summed E-state index contributed by atoms with van der Waals surface area (Å²) in [7, 11) is 0. The quantitative estimate of drug-likeness (QED) is 0.699. The highest BCUT2D eigenvalue weighted by Crippen LogP contribution is 2.25. The van der Waals surface area contributed by atoms with Gasteiger partial charge in [0.05, 0.1) is 0 Å². The van der Waals surface area contributed by atoms with Crippen molar-refractivity contribution in [2.75, 3.05) is 36.0 Å². The number of hydrogen-bond acceptors (Lipinski definition) is 6. The van der Waals surface area contributed by atoms with Crippen LogP contribution in [0, 0.1) is 11.3 Å². The first-order chi connectivity index (χ1) is 12.8. The molecule has 130 valence electrons. The summed E-state index contributed by atoms with van der Waals surface area (Å²) in [6.45, 7) is 3.37. The molecule has 5 nitrogen and oxygen atoms in total. The maximum atomic E-state index is 9.41. The van der Waals surface area contributed by atoms with Crippen molar-refractivity contribution in [1.29, 1.82) is 5.26 Å². The number of thiophene rings is 1. The minimum absolute atomic E-state index is 0.351. The van der Waals surface area contributed by atoms with Crippen molar-refractivity contribution in [2.24, 2.45) is 0 Å². The van der Waals surface area contributed by atoms with Crippen molar-refractivity contribution in [2.45, 2.75) is 0 Å². The number of hydrogen-bond donors (Lipinski definition) is 0. The van der Waals surface area contributed by atoms with Crippen molar-refractivity contribution in [3.63, 3.8) is 0 Å². The number of para-hydroxylation sites is 1. The molecule has 0 atom stereocenters. The molecule has 0 bridgehead atoms. The number of piperazine rings is 1. The van der Waals surface area contributed by atoms with Crippen LogP contribution in [0.3, 0.4) is 0 Å². The van der Waals surface area contributed by atoms with E-state index in [1.165, 1.54) is 5.69 Å². The second-order valence-corrected chi connectivity index (χ2v) is 6.96.